The van der Waals surface area contributed by atoms with Gasteiger partial charge in [-0.3, -0.25) is 0 Å². The molecule has 1 N–H and O–H groups in total. The fourth-order valence-electron chi connectivity index (χ4n) is 1.64. The molecule has 0 fully saturated rings. The summed E-state index contributed by atoms with van der Waals surface area (Å²) in [6.45, 7) is -0.275. The Hall–Kier alpha value is -1.95. The van der Waals surface area contributed by atoms with Crippen molar-refractivity contribution < 1.29 is 23.7 Å². The first-order chi connectivity index (χ1) is 8.24. The summed E-state index contributed by atoms with van der Waals surface area (Å²) in [6, 6.07) is 1.67. The van der Waals surface area contributed by atoms with Crippen molar-refractivity contribution in [3.8, 4) is 17.2 Å². The highest BCUT2D eigenvalue weighted by Crippen LogP contribution is 2.43. The average molecular weight is 239 g/mol. The Morgan fingerprint density at radius 1 is 1.18 bits per heavy atom. The van der Waals surface area contributed by atoms with Crippen molar-refractivity contribution in [3.63, 3.8) is 0 Å². The molecule has 0 unspecified atom stereocenters. The third-order valence-electron chi connectivity index (χ3n) is 2.37. The first-order valence-electron chi connectivity index (χ1n) is 4.94. The Morgan fingerprint density at radius 3 is 2.41 bits per heavy atom. The van der Waals surface area contributed by atoms with E-state index >= 15 is 0 Å². The summed E-state index contributed by atoms with van der Waals surface area (Å²) in [6.07, 6.45) is 0. The zero-order chi connectivity index (χ0) is 12.4. The predicted octanol–water partition coefficient (Wildman–Crippen LogP) is 1.35. The zero-order valence-electron chi connectivity index (χ0n) is 9.81. The van der Waals surface area contributed by atoms with Gasteiger partial charge in [-0.1, -0.05) is 0 Å². The van der Waals surface area contributed by atoms with Crippen LogP contribution in [-0.2, 0) is 6.61 Å². The first-order valence-corrected chi connectivity index (χ1v) is 4.94. The van der Waals surface area contributed by atoms with Gasteiger partial charge in [0.2, 0.25) is 23.0 Å². The molecule has 1 aromatic heterocycles. The van der Waals surface area contributed by atoms with E-state index in [0.29, 0.717) is 28.3 Å². The number of nitrogens with zero attached hydrogens (tertiary/aromatic N) is 1. The van der Waals surface area contributed by atoms with E-state index in [0.717, 1.165) is 0 Å². The van der Waals surface area contributed by atoms with E-state index in [4.69, 9.17) is 23.7 Å². The molecule has 0 saturated carbocycles. The number of aliphatic hydroxyl groups excluding tert-OH is 1. The van der Waals surface area contributed by atoms with Crippen LogP contribution in [0, 0.1) is 0 Å². The molecule has 6 heteroatoms. The van der Waals surface area contributed by atoms with Crippen LogP contribution in [0.3, 0.4) is 0 Å². The van der Waals surface area contributed by atoms with Crippen LogP contribution in [0.15, 0.2) is 10.5 Å². The number of benzene rings is 1. The Morgan fingerprint density at radius 2 is 1.88 bits per heavy atom. The quantitative estimate of drug-likeness (QED) is 0.868. The standard InChI is InChI=1S/C11H13NO5/c1-14-7-4-6-9(17-8(5-13)12-6)11(16-3)10(7)15-2/h4,13H,5H2,1-3H3. The molecular weight excluding hydrogens is 226 g/mol. The average Bonchev–Trinajstić information content (AvgIpc) is 2.78. The number of oxazole rings is 1. The van der Waals surface area contributed by atoms with Gasteiger partial charge in [0.1, 0.15) is 12.1 Å². The van der Waals surface area contributed by atoms with Gasteiger partial charge in [0, 0.05) is 6.07 Å². The van der Waals surface area contributed by atoms with Crippen molar-refractivity contribution >= 4 is 11.1 Å². The molecule has 0 aliphatic carbocycles. The van der Waals surface area contributed by atoms with E-state index in [1.165, 1.54) is 21.3 Å². The summed E-state index contributed by atoms with van der Waals surface area (Å²) >= 11 is 0. The molecule has 0 bridgehead atoms. The predicted molar refractivity (Wildman–Crippen MR) is 59.6 cm³/mol. The lowest BCUT2D eigenvalue weighted by atomic mass is 10.2. The topological polar surface area (TPSA) is 74.0 Å². The van der Waals surface area contributed by atoms with Crippen LogP contribution in [0.5, 0.6) is 17.2 Å². The number of fused-ring (bicyclic) bond motifs is 1. The molecule has 2 aromatic rings. The van der Waals surface area contributed by atoms with E-state index in [1.54, 1.807) is 6.07 Å². The van der Waals surface area contributed by atoms with E-state index in [2.05, 4.69) is 4.98 Å². The maximum absolute atomic E-state index is 9.00. The van der Waals surface area contributed by atoms with Crippen LogP contribution in [0.4, 0.5) is 0 Å². The van der Waals surface area contributed by atoms with Crippen molar-refractivity contribution in [1.82, 2.24) is 4.98 Å². The third-order valence-corrected chi connectivity index (χ3v) is 2.37. The second-order valence-corrected chi connectivity index (χ2v) is 3.26. The van der Waals surface area contributed by atoms with E-state index < -0.39 is 0 Å². The minimum absolute atomic E-state index is 0.216. The molecule has 2 rings (SSSR count). The molecule has 0 spiro atoms. The number of hydrogen-bond donors (Lipinski definition) is 1. The summed E-state index contributed by atoms with van der Waals surface area (Å²) in [5.41, 5.74) is 0.970. The fourth-order valence-corrected chi connectivity index (χ4v) is 1.64. The Balaban J connectivity index is 2.76. The maximum Gasteiger partial charge on any atom is 0.221 e. The lowest BCUT2D eigenvalue weighted by molar-refractivity contribution is 0.243. The lowest BCUT2D eigenvalue weighted by Gasteiger charge is -2.11. The van der Waals surface area contributed by atoms with Gasteiger partial charge in [-0.15, -0.1) is 0 Å². The van der Waals surface area contributed by atoms with E-state index in [-0.39, 0.29) is 12.5 Å². The molecule has 17 heavy (non-hydrogen) atoms. The van der Waals surface area contributed by atoms with Crippen LogP contribution in [0.25, 0.3) is 11.1 Å². The second-order valence-electron chi connectivity index (χ2n) is 3.26. The largest absolute Gasteiger partial charge is 0.493 e. The number of hydrogen-bond acceptors (Lipinski definition) is 6. The van der Waals surface area contributed by atoms with Crippen LogP contribution in [0.2, 0.25) is 0 Å². The molecule has 1 heterocycles. The van der Waals surface area contributed by atoms with Gasteiger partial charge in [-0.05, 0) is 0 Å². The smallest absolute Gasteiger partial charge is 0.221 e. The molecule has 92 valence electrons. The van der Waals surface area contributed by atoms with Gasteiger partial charge in [-0.2, -0.15) is 0 Å². The van der Waals surface area contributed by atoms with Gasteiger partial charge in [-0.25, -0.2) is 4.98 Å². The maximum atomic E-state index is 9.00. The summed E-state index contributed by atoms with van der Waals surface area (Å²) in [5, 5.41) is 9.00. The minimum Gasteiger partial charge on any atom is -0.493 e. The highest BCUT2D eigenvalue weighted by atomic mass is 16.5. The molecule has 1 aromatic carbocycles. The Labute approximate surface area is 97.7 Å². The van der Waals surface area contributed by atoms with Gasteiger partial charge < -0.3 is 23.7 Å². The summed E-state index contributed by atoms with van der Waals surface area (Å²) in [4.78, 5) is 4.09. The number of methoxy groups -OCH3 is 3. The van der Waals surface area contributed by atoms with Gasteiger partial charge in [0.05, 0.1) is 21.3 Å². The Bertz CT molecular complexity index is 534. The molecule has 0 atom stereocenters. The highest BCUT2D eigenvalue weighted by molar-refractivity contribution is 5.85. The fraction of sp³-hybridized carbons (Fsp3) is 0.364. The van der Waals surface area contributed by atoms with Crippen molar-refractivity contribution in [1.29, 1.82) is 0 Å². The van der Waals surface area contributed by atoms with Crippen LogP contribution in [-0.4, -0.2) is 31.4 Å². The van der Waals surface area contributed by atoms with Gasteiger partial charge >= 0.3 is 0 Å². The molecule has 0 amide bonds. The third kappa shape index (κ3) is 1.76. The summed E-state index contributed by atoms with van der Waals surface area (Å²) in [7, 11) is 4.53. The molecular formula is C11H13NO5. The van der Waals surface area contributed by atoms with Crippen LogP contribution in [0.1, 0.15) is 5.89 Å². The first kappa shape index (κ1) is 11.5. The number of aromatic nitrogens is 1. The van der Waals surface area contributed by atoms with E-state index in [1.807, 2.05) is 0 Å². The zero-order valence-corrected chi connectivity index (χ0v) is 9.81. The van der Waals surface area contributed by atoms with Crippen LogP contribution >= 0.6 is 0 Å². The van der Waals surface area contributed by atoms with Crippen molar-refractivity contribution in [3.05, 3.63) is 12.0 Å². The summed E-state index contributed by atoms with van der Waals surface area (Å²) < 4.78 is 21.0. The van der Waals surface area contributed by atoms with Crippen molar-refractivity contribution in [2.75, 3.05) is 21.3 Å². The molecule has 6 nitrogen and oxygen atoms in total. The van der Waals surface area contributed by atoms with Crippen molar-refractivity contribution in [2.24, 2.45) is 0 Å². The molecule has 0 radical (unpaired) electrons. The molecule has 0 aliphatic rings. The van der Waals surface area contributed by atoms with Gasteiger partial charge in [0.15, 0.2) is 5.75 Å². The molecule has 0 aliphatic heterocycles. The van der Waals surface area contributed by atoms with E-state index in [9.17, 15) is 0 Å². The van der Waals surface area contributed by atoms with Crippen molar-refractivity contribution in [2.45, 2.75) is 6.61 Å². The number of aliphatic hydroxyl groups is 1. The van der Waals surface area contributed by atoms with Crippen LogP contribution < -0.4 is 14.2 Å². The minimum atomic E-state index is -0.275. The summed E-state index contributed by atoms with van der Waals surface area (Å²) in [5.74, 6) is 1.54. The number of ether oxygens (including phenoxy) is 3. The lowest BCUT2D eigenvalue weighted by Crippen LogP contribution is -1.95. The van der Waals surface area contributed by atoms with Gasteiger partial charge in [0.25, 0.3) is 0 Å². The molecule has 0 saturated heterocycles. The second kappa shape index (κ2) is 4.50. The highest BCUT2D eigenvalue weighted by Gasteiger charge is 2.20. The monoisotopic (exact) mass is 239 g/mol. The number of rotatable bonds is 4. The Kier molecular flexibility index (Phi) is 3.06. The SMILES string of the molecule is COc1cc2nc(CO)oc2c(OC)c1OC. The normalized spacial score (nSPS) is 10.6.